The number of nitrogens with zero attached hydrogens (tertiary/aromatic N) is 4. The molecule has 1 saturated heterocycles. The van der Waals surface area contributed by atoms with Gasteiger partial charge in [-0.3, -0.25) is 14.5 Å². The second kappa shape index (κ2) is 11.1. The van der Waals surface area contributed by atoms with E-state index in [1.807, 2.05) is 35.2 Å². The third kappa shape index (κ3) is 5.24. The lowest BCUT2D eigenvalue weighted by Gasteiger charge is -2.49. The molecule has 11 nitrogen and oxygen atoms in total. The van der Waals surface area contributed by atoms with Crippen LogP contribution in [0.1, 0.15) is 5.69 Å². The van der Waals surface area contributed by atoms with Gasteiger partial charge in [-0.25, -0.2) is 9.78 Å². The number of oxime groups is 1. The number of nitrogens with two attached hydrogens (primary N) is 1. The third-order valence-corrected chi connectivity index (χ3v) is 7.04. The summed E-state index contributed by atoms with van der Waals surface area (Å²) in [4.78, 5) is 48.1. The molecule has 0 radical (unpaired) electrons. The predicted molar refractivity (Wildman–Crippen MR) is 133 cm³/mol. The Morgan fingerprint density at radius 2 is 2.19 bits per heavy atom. The molecule has 0 bridgehead atoms. The van der Waals surface area contributed by atoms with Crippen molar-refractivity contribution in [3.05, 3.63) is 64.4 Å². The lowest BCUT2D eigenvalue weighted by Crippen LogP contribution is -2.72. The van der Waals surface area contributed by atoms with E-state index in [-0.39, 0.29) is 22.2 Å². The molecule has 0 saturated carbocycles. The Hall–Kier alpha value is -4.15. The topological polar surface area (TPSA) is 151 Å². The summed E-state index contributed by atoms with van der Waals surface area (Å²) in [5.41, 5.74) is 5.58. The number of nitrogen functional groups attached to an aromatic ring is 1. The molecule has 2 amide bonds. The highest BCUT2D eigenvalue weighted by atomic mass is 32.2. The maximum Gasteiger partial charge on any atom is 0.353 e. The van der Waals surface area contributed by atoms with Gasteiger partial charge in [-0.2, -0.15) is 4.57 Å². The van der Waals surface area contributed by atoms with E-state index >= 15 is 0 Å². The van der Waals surface area contributed by atoms with E-state index in [1.165, 1.54) is 23.8 Å². The van der Waals surface area contributed by atoms with Gasteiger partial charge in [-0.1, -0.05) is 17.1 Å². The Balaban J connectivity index is 1.46. The van der Waals surface area contributed by atoms with E-state index in [1.54, 1.807) is 17.5 Å². The van der Waals surface area contributed by atoms with Gasteiger partial charge in [0.25, 0.3) is 11.8 Å². The fourth-order valence-corrected chi connectivity index (χ4v) is 5.33. The van der Waals surface area contributed by atoms with Crippen LogP contribution in [0.4, 0.5) is 5.13 Å². The average Bonchev–Trinajstić information content (AvgIpc) is 3.31. The molecule has 0 aromatic carbocycles. The van der Waals surface area contributed by atoms with Crippen LogP contribution in [0, 0.1) is 11.8 Å². The first-order chi connectivity index (χ1) is 17.4. The number of hydrogen-bond acceptors (Lipinski definition) is 9. The SMILES string of the molecule is CO/N=C(/C(=O)N[C@@H]1C(=O)N2C(C(=O)O)=C(/C=C/C#CC[n+]3ccccc3)SC[C@H]12)c1csc(N)n1. The van der Waals surface area contributed by atoms with Crippen molar-refractivity contribution in [3.63, 3.8) is 0 Å². The molecule has 36 heavy (non-hydrogen) atoms. The Bertz CT molecular complexity index is 1340. The van der Waals surface area contributed by atoms with E-state index in [9.17, 15) is 19.5 Å². The first kappa shape index (κ1) is 25.0. The number of allylic oxidation sites excluding steroid dienone is 2. The summed E-state index contributed by atoms with van der Waals surface area (Å²) >= 11 is 2.41. The number of pyridine rings is 1. The van der Waals surface area contributed by atoms with Crippen LogP contribution in [0.3, 0.4) is 0 Å². The number of anilines is 1. The molecule has 0 spiro atoms. The third-order valence-electron chi connectivity index (χ3n) is 5.21. The Morgan fingerprint density at radius 1 is 1.42 bits per heavy atom. The second-order valence-corrected chi connectivity index (χ2v) is 9.40. The molecule has 1 fully saturated rings. The minimum atomic E-state index is -1.24. The summed E-state index contributed by atoms with van der Waals surface area (Å²) in [7, 11) is 1.28. The number of carboxylic acid groups (broad SMARTS) is 1. The first-order valence-electron chi connectivity index (χ1n) is 10.6. The number of rotatable bonds is 7. The lowest BCUT2D eigenvalue weighted by molar-refractivity contribution is -0.684. The van der Waals surface area contributed by atoms with E-state index in [0.717, 1.165) is 11.3 Å². The largest absolute Gasteiger partial charge is 0.477 e. The molecule has 2 aromatic rings. The van der Waals surface area contributed by atoms with Crippen molar-refractivity contribution >= 4 is 51.7 Å². The molecular formula is C23H21N6O5S2+. The summed E-state index contributed by atoms with van der Waals surface area (Å²) in [6.45, 7) is 0.485. The number of carbonyl (C=O) groups excluding carboxylic acids is 2. The zero-order valence-corrected chi connectivity index (χ0v) is 20.6. The number of carboxylic acids is 1. The van der Waals surface area contributed by atoms with Crippen LogP contribution in [0.15, 0.2) is 63.9 Å². The number of fused-ring (bicyclic) bond motifs is 1. The maximum absolute atomic E-state index is 12.9. The first-order valence-corrected chi connectivity index (χ1v) is 12.4. The zero-order valence-electron chi connectivity index (χ0n) is 19.0. The van der Waals surface area contributed by atoms with Crippen molar-refractivity contribution in [2.75, 3.05) is 18.6 Å². The van der Waals surface area contributed by atoms with Crippen LogP contribution in [0.25, 0.3) is 0 Å². The molecule has 184 valence electrons. The maximum atomic E-state index is 12.9. The molecule has 4 rings (SSSR count). The van der Waals surface area contributed by atoms with Crippen molar-refractivity contribution in [3.8, 4) is 11.8 Å². The number of carbonyl (C=O) groups is 3. The number of aromatic nitrogens is 2. The molecule has 4 heterocycles. The van der Waals surface area contributed by atoms with Gasteiger partial charge in [0.1, 0.15) is 24.5 Å². The highest BCUT2D eigenvalue weighted by Gasteiger charge is 2.54. The van der Waals surface area contributed by atoms with E-state index in [4.69, 9.17) is 10.6 Å². The minimum Gasteiger partial charge on any atom is -0.477 e. The van der Waals surface area contributed by atoms with E-state index in [2.05, 4.69) is 27.3 Å². The number of β-lactam (4-membered cyclic amide) rings is 1. The summed E-state index contributed by atoms with van der Waals surface area (Å²) in [5.74, 6) is 3.80. The van der Waals surface area contributed by atoms with Crippen molar-refractivity contribution in [2.45, 2.75) is 18.6 Å². The number of amides is 2. The van der Waals surface area contributed by atoms with Crippen LogP contribution in [0.2, 0.25) is 0 Å². The summed E-state index contributed by atoms with van der Waals surface area (Å²) in [6.07, 6.45) is 6.93. The van der Waals surface area contributed by atoms with Gasteiger partial charge >= 0.3 is 5.97 Å². The van der Waals surface area contributed by atoms with Crippen LogP contribution >= 0.6 is 23.1 Å². The number of thioether (sulfide) groups is 1. The highest BCUT2D eigenvalue weighted by Crippen LogP contribution is 2.39. The molecule has 2 atom stereocenters. The van der Waals surface area contributed by atoms with Gasteiger partial charge in [-0.15, -0.1) is 23.1 Å². The second-order valence-electron chi connectivity index (χ2n) is 7.45. The Morgan fingerprint density at radius 3 is 2.86 bits per heavy atom. The Kier molecular flexibility index (Phi) is 7.67. The highest BCUT2D eigenvalue weighted by molar-refractivity contribution is 8.03. The van der Waals surface area contributed by atoms with Crippen molar-refractivity contribution in [2.24, 2.45) is 5.16 Å². The van der Waals surface area contributed by atoms with Gasteiger partial charge in [0, 0.05) is 28.2 Å². The molecular weight excluding hydrogens is 504 g/mol. The normalized spacial score (nSPS) is 19.3. The van der Waals surface area contributed by atoms with Gasteiger partial charge in [-0.05, 0) is 18.1 Å². The van der Waals surface area contributed by atoms with Crippen LogP contribution in [-0.4, -0.2) is 63.4 Å². The van der Waals surface area contributed by atoms with Crippen molar-refractivity contribution in [1.82, 2.24) is 15.2 Å². The molecule has 4 N–H and O–H groups in total. The van der Waals surface area contributed by atoms with Crippen LogP contribution in [0.5, 0.6) is 0 Å². The fourth-order valence-electron chi connectivity index (χ4n) is 3.60. The van der Waals surface area contributed by atoms with Gasteiger partial charge < -0.3 is 21.0 Å². The molecule has 0 unspecified atom stereocenters. The van der Waals surface area contributed by atoms with Gasteiger partial charge in [0.05, 0.1) is 6.04 Å². The number of hydrogen-bond donors (Lipinski definition) is 3. The summed E-state index contributed by atoms with van der Waals surface area (Å²) in [5, 5.41) is 17.9. The van der Waals surface area contributed by atoms with E-state index < -0.39 is 29.9 Å². The Labute approximate surface area is 214 Å². The molecule has 13 heteroatoms. The molecule has 2 aliphatic rings. The number of nitrogens with one attached hydrogen (secondary N) is 1. The fraction of sp³-hybridized carbons (Fsp3) is 0.217. The predicted octanol–water partition coefficient (Wildman–Crippen LogP) is 0.362. The number of aliphatic carboxylic acids is 1. The summed E-state index contributed by atoms with van der Waals surface area (Å²) in [6, 6.07) is 4.27. The van der Waals surface area contributed by atoms with Gasteiger partial charge in [0.15, 0.2) is 23.2 Å². The summed E-state index contributed by atoms with van der Waals surface area (Å²) < 4.78 is 1.90. The quantitative estimate of drug-likeness (QED) is 0.154. The smallest absolute Gasteiger partial charge is 0.353 e. The molecule has 2 aliphatic heterocycles. The standard InChI is InChI=1S/C23H20N6O5S2/c1-34-27-17(14-12-36-23(24)25-14)20(30)26-18-15-13-35-16(19(22(32)33)29(15)21(18)31)8-4-2-5-9-28-10-6-3-7-11-28/h3-4,6-8,10-12,15,18H,9,13H2,1H3,(H3-,24,25,26,30,32,33)/p+1/b8-4+,27-17+/t15-,18+/m1/s1. The van der Waals surface area contributed by atoms with Crippen LogP contribution in [-0.2, 0) is 25.8 Å². The van der Waals surface area contributed by atoms with Gasteiger partial charge in [0.2, 0.25) is 6.54 Å². The number of thiazole rings is 1. The van der Waals surface area contributed by atoms with Crippen molar-refractivity contribution < 1.29 is 28.9 Å². The van der Waals surface area contributed by atoms with Crippen molar-refractivity contribution in [1.29, 1.82) is 0 Å². The zero-order chi connectivity index (χ0) is 25.7. The monoisotopic (exact) mass is 525 g/mol. The van der Waals surface area contributed by atoms with E-state index in [0.29, 0.717) is 17.2 Å². The van der Waals surface area contributed by atoms with Crippen LogP contribution < -0.4 is 15.6 Å². The lowest BCUT2D eigenvalue weighted by atomic mass is 9.94. The molecule has 2 aromatic heterocycles. The molecule has 0 aliphatic carbocycles. The minimum absolute atomic E-state index is 0.134. The average molecular weight is 526 g/mol.